The molecule has 132 valence electrons. The average molecular weight is 363 g/mol. The highest BCUT2D eigenvalue weighted by Crippen LogP contribution is 2.23. The fraction of sp³-hybridized carbons (Fsp3) is 0.667. The zero-order valence-electron chi connectivity index (χ0n) is 14.2. The van der Waals surface area contributed by atoms with Crippen molar-refractivity contribution < 1.29 is 18.3 Å². The Kier molecular flexibility index (Phi) is 7.66. The Bertz CT molecular complexity index is 607. The first-order valence-electron chi connectivity index (χ1n) is 7.76. The van der Waals surface area contributed by atoms with Gasteiger partial charge >= 0.3 is 5.97 Å². The smallest absolute Gasteiger partial charge is 0.345 e. The van der Waals surface area contributed by atoms with E-state index in [0.29, 0.717) is 19.6 Å². The minimum Gasteiger partial charge on any atom is -0.477 e. The van der Waals surface area contributed by atoms with E-state index in [1.54, 1.807) is 0 Å². The van der Waals surface area contributed by atoms with Crippen molar-refractivity contribution in [1.29, 1.82) is 0 Å². The third kappa shape index (κ3) is 5.56. The van der Waals surface area contributed by atoms with Crippen LogP contribution in [0, 0.1) is 5.92 Å². The maximum Gasteiger partial charge on any atom is 0.345 e. The quantitative estimate of drug-likeness (QED) is 0.692. The molecule has 0 bridgehead atoms. The molecule has 0 aliphatic carbocycles. The molecule has 23 heavy (non-hydrogen) atoms. The van der Waals surface area contributed by atoms with Gasteiger partial charge in [-0.25, -0.2) is 13.2 Å². The van der Waals surface area contributed by atoms with E-state index >= 15 is 0 Å². The van der Waals surface area contributed by atoms with Gasteiger partial charge in [0.15, 0.2) is 0 Å². The average Bonchev–Trinajstić information content (AvgIpc) is 2.97. The van der Waals surface area contributed by atoms with Gasteiger partial charge in [0, 0.05) is 25.0 Å². The second-order valence-electron chi connectivity index (χ2n) is 5.74. The number of hydrogen-bond donors (Lipinski definition) is 1. The highest BCUT2D eigenvalue weighted by molar-refractivity contribution is 7.89. The number of nitrogens with zero attached hydrogens (tertiary/aromatic N) is 2. The van der Waals surface area contributed by atoms with Crippen LogP contribution in [-0.4, -0.2) is 61.4 Å². The van der Waals surface area contributed by atoms with Crippen LogP contribution in [-0.2, 0) is 10.0 Å². The normalized spacial score (nSPS) is 12.5. The zero-order valence-corrected chi connectivity index (χ0v) is 15.8. The zero-order chi connectivity index (χ0) is 17.6. The van der Waals surface area contributed by atoms with Crippen LogP contribution in [0.25, 0.3) is 0 Å². The molecule has 0 saturated heterocycles. The number of thiophene rings is 1. The Morgan fingerprint density at radius 3 is 2.30 bits per heavy atom. The lowest BCUT2D eigenvalue weighted by Gasteiger charge is -2.26. The molecule has 0 aliphatic rings. The molecule has 0 radical (unpaired) electrons. The summed E-state index contributed by atoms with van der Waals surface area (Å²) in [5.74, 6) is -0.908. The summed E-state index contributed by atoms with van der Waals surface area (Å²) in [6, 6.07) is 1.24. The Morgan fingerprint density at radius 1 is 1.26 bits per heavy atom. The summed E-state index contributed by atoms with van der Waals surface area (Å²) in [7, 11) is -3.67. The second-order valence-corrected chi connectivity index (χ2v) is 8.58. The summed E-state index contributed by atoms with van der Waals surface area (Å²) in [5.41, 5.74) is 0. The van der Waals surface area contributed by atoms with Crippen LogP contribution in [0.15, 0.2) is 16.3 Å². The molecule has 0 fully saturated rings. The van der Waals surface area contributed by atoms with Gasteiger partial charge in [0.05, 0.1) is 4.90 Å². The van der Waals surface area contributed by atoms with Crippen LogP contribution >= 0.6 is 11.3 Å². The third-order valence-corrected chi connectivity index (χ3v) is 6.46. The second kappa shape index (κ2) is 8.77. The van der Waals surface area contributed by atoms with E-state index in [1.807, 2.05) is 27.7 Å². The number of sulfonamides is 1. The predicted octanol–water partition coefficient (Wildman–Crippen LogP) is 2.43. The molecule has 1 N–H and O–H groups in total. The SMILES string of the molecule is CCN(CC)CCN(CC(C)C)S(=O)(=O)c1csc(C(=O)O)c1. The lowest BCUT2D eigenvalue weighted by molar-refractivity contribution is 0.0702. The first kappa shape index (κ1) is 20.1. The number of carboxylic acid groups (broad SMARTS) is 1. The topological polar surface area (TPSA) is 77.9 Å². The maximum atomic E-state index is 12.8. The van der Waals surface area contributed by atoms with Crippen LogP contribution in [0.3, 0.4) is 0 Å². The molecule has 0 spiro atoms. The van der Waals surface area contributed by atoms with Crippen LogP contribution in [0.5, 0.6) is 0 Å². The van der Waals surface area contributed by atoms with Gasteiger partial charge in [-0.3, -0.25) is 0 Å². The van der Waals surface area contributed by atoms with Crippen molar-refractivity contribution in [2.75, 3.05) is 32.7 Å². The Balaban J connectivity index is 3.00. The minimum atomic E-state index is -3.67. The van der Waals surface area contributed by atoms with Gasteiger partial charge < -0.3 is 10.0 Å². The van der Waals surface area contributed by atoms with Crippen molar-refractivity contribution in [1.82, 2.24) is 9.21 Å². The standard InChI is InChI=1S/C15H26N2O4S2/c1-5-16(6-2)7-8-17(10-12(3)4)23(20,21)13-9-14(15(18)19)22-11-13/h9,11-12H,5-8,10H2,1-4H3,(H,18,19). The Morgan fingerprint density at radius 2 is 1.87 bits per heavy atom. The molecule has 1 heterocycles. The summed E-state index contributed by atoms with van der Waals surface area (Å²) in [4.78, 5) is 13.3. The molecule has 1 aromatic heterocycles. The van der Waals surface area contributed by atoms with Crippen LogP contribution in [0.4, 0.5) is 0 Å². The van der Waals surface area contributed by atoms with E-state index in [0.717, 1.165) is 24.4 Å². The van der Waals surface area contributed by atoms with E-state index < -0.39 is 16.0 Å². The van der Waals surface area contributed by atoms with Gasteiger partial charge in [0.2, 0.25) is 10.0 Å². The fourth-order valence-corrected chi connectivity index (χ4v) is 4.92. The monoisotopic (exact) mass is 362 g/mol. The highest BCUT2D eigenvalue weighted by Gasteiger charge is 2.27. The lowest BCUT2D eigenvalue weighted by Crippen LogP contribution is -2.40. The number of aromatic carboxylic acids is 1. The molecule has 0 aromatic carbocycles. The number of carboxylic acids is 1. The molecule has 0 unspecified atom stereocenters. The molecule has 0 amide bonds. The summed E-state index contributed by atoms with van der Waals surface area (Å²) < 4.78 is 27.1. The third-order valence-electron chi connectivity index (χ3n) is 3.55. The molecular weight excluding hydrogens is 336 g/mol. The number of rotatable bonds is 10. The van der Waals surface area contributed by atoms with Crippen molar-refractivity contribution in [2.24, 2.45) is 5.92 Å². The van der Waals surface area contributed by atoms with E-state index in [9.17, 15) is 13.2 Å². The fourth-order valence-electron chi connectivity index (χ4n) is 2.22. The molecule has 1 rings (SSSR count). The van der Waals surface area contributed by atoms with E-state index in [2.05, 4.69) is 4.90 Å². The number of hydrogen-bond acceptors (Lipinski definition) is 5. The maximum absolute atomic E-state index is 12.8. The Hall–Kier alpha value is -0.960. The van der Waals surface area contributed by atoms with Crippen molar-refractivity contribution in [2.45, 2.75) is 32.6 Å². The van der Waals surface area contributed by atoms with E-state index in [4.69, 9.17) is 5.11 Å². The molecule has 6 nitrogen and oxygen atoms in total. The van der Waals surface area contributed by atoms with Crippen molar-refractivity contribution in [3.63, 3.8) is 0 Å². The lowest BCUT2D eigenvalue weighted by atomic mass is 10.2. The summed E-state index contributed by atoms with van der Waals surface area (Å²) in [6.07, 6.45) is 0. The van der Waals surface area contributed by atoms with Gasteiger partial charge in [0.1, 0.15) is 4.88 Å². The van der Waals surface area contributed by atoms with E-state index in [-0.39, 0.29) is 15.7 Å². The van der Waals surface area contributed by atoms with E-state index in [1.165, 1.54) is 15.8 Å². The van der Waals surface area contributed by atoms with Crippen molar-refractivity contribution in [3.05, 3.63) is 16.3 Å². The Labute approximate surface area is 142 Å². The summed E-state index contributed by atoms with van der Waals surface area (Å²) >= 11 is 0.938. The summed E-state index contributed by atoms with van der Waals surface area (Å²) in [6.45, 7) is 11.2. The number of likely N-dealkylation sites (N-methyl/N-ethyl adjacent to an activating group) is 1. The summed E-state index contributed by atoms with van der Waals surface area (Å²) in [5, 5.41) is 10.4. The molecule has 1 aromatic rings. The molecule has 0 atom stereocenters. The van der Waals surface area contributed by atoms with Crippen molar-refractivity contribution >= 4 is 27.3 Å². The molecule has 8 heteroatoms. The van der Waals surface area contributed by atoms with Crippen molar-refractivity contribution in [3.8, 4) is 0 Å². The van der Waals surface area contributed by atoms with Crippen LogP contribution < -0.4 is 0 Å². The largest absolute Gasteiger partial charge is 0.477 e. The van der Waals surface area contributed by atoms with Gasteiger partial charge in [-0.2, -0.15) is 4.31 Å². The van der Waals surface area contributed by atoms with Gasteiger partial charge in [-0.1, -0.05) is 27.7 Å². The molecular formula is C15H26N2O4S2. The van der Waals surface area contributed by atoms with Crippen LogP contribution in [0.2, 0.25) is 0 Å². The minimum absolute atomic E-state index is 0.0387. The first-order valence-corrected chi connectivity index (χ1v) is 10.1. The first-order chi connectivity index (χ1) is 10.7. The van der Waals surface area contributed by atoms with Gasteiger partial charge in [-0.05, 0) is 25.1 Å². The number of carbonyl (C=O) groups is 1. The van der Waals surface area contributed by atoms with Gasteiger partial charge in [-0.15, -0.1) is 11.3 Å². The molecule has 0 saturated carbocycles. The van der Waals surface area contributed by atoms with Crippen LogP contribution in [0.1, 0.15) is 37.4 Å². The highest BCUT2D eigenvalue weighted by atomic mass is 32.2. The predicted molar refractivity (Wildman–Crippen MR) is 92.7 cm³/mol. The molecule has 0 aliphatic heterocycles. The van der Waals surface area contributed by atoms with Gasteiger partial charge in [0.25, 0.3) is 0 Å².